The van der Waals surface area contributed by atoms with Gasteiger partial charge in [0.15, 0.2) is 0 Å². The van der Waals surface area contributed by atoms with Crippen LogP contribution < -0.4 is 0 Å². The fourth-order valence-electron chi connectivity index (χ4n) is 4.18. The number of aromatic nitrogens is 1. The number of rotatable bonds is 4. The van der Waals surface area contributed by atoms with Crippen molar-refractivity contribution < 1.29 is 0 Å². The number of nitriles is 2. The molecule has 4 rings (SSSR count). The predicted molar refractivity (Wildman–Crippen MR) is 124 cm³/mol. The summed E-state index contributed by atoms with van der Waals surface area (Å²) in [5, 5.41) is 18.7. The fraction of sp³-hybridized carbons (Fsp3) is 0.179. The lowest BCUT2D eigenvalue weighted by atomic mass is 9.82. The Bertz CT molecular complexity index is 1280. The van der Waals surface area contributed by atoms with Crippen LogP contribution in [0, 0.1) is 35.5 Å². The van der Waals surface area contributed by atoms with E-state index in [1.165, 1.54) is 22.3 Å². The van der Waals surface area contributed by atoms with E-state index >= 15 is 0 Å². The first-order valence-electron chi connectivity index (χ1n) is 10.4. The van der Waals surface area contributed by atoms with E-state index in [0.717, 1.165) is 29.5 Å². The molecule has 150 valence electrons. The quantitative estimate of drug-likeness (QED) is 0.509. The summed E-state index contributed by atoms with van der Waals surface area (Å²) < 4.78 is 0. The molecule has 0 amide bonds. The van der Waals surface area contributed by atoms with Crippen LogP contribution in [0.1, 0.15) is 41.2 Å². The van der Waals surface area contributed by atoms with Crippen molar-refractivity contribution in [2.45, 2.75) is 26.7 Å². The Morgan fingerprint density at radius 2 is 1.77 bits per heavy atom. The summed E-state index contributed by atoms with van der Waals surface area (Å²) in [6.45, 7) is 4.33. The summed E-state index contributed by atoms with van der Waals surface area (Å²) in [7, 11) is 0. The monoisotopic (exact) mass is 401 g/mol. The molecule has 1 aliphatic carbocycles. The smallest absolute Gasteiger partial charge is 0.101 e. The summed E-state index contributed by atoms with van der Waals surface area (Å²) in [5.74, 6) is 0.454. The number of benzene rings is 2. The molecule has 3 aromatic rings. The maximum atomic E-state index is 9.40. The second-order valence-corrected chi connectivity index (χ2v) is 8.09. The van der Waals surface area contributed by atoms with Crippen LogP contribution in [0.4, 0.5) is 0 Å². The van der Waals surface area contributed by atoms with E-state index in [1.807, 2.05) is 36.5 Å². The summed E-state index contributed by atoms with van der Waals surface area (Å²) in [6.07, 6.45) is 9.64. The zero-order valence-corrected chi connectivity index (χ0v) is 17.8. The van der Waals surface area contributed by atoms with Crippen molar-refractivity contribution in [1.29, 1.82) is 10.5 Å². The van der Waals surface area contributed by atoms with Gasteiger partial charge in [0, 0.05) is 18.0 Å². The topological polar surface area (TPSA) is 60.5 Å². The maximum Gasteiger partial charge on any atom is 0.101 e. The van der Waals surface area contributed by atoms with Crippen LogP contribution in [0.5, 0.6) is 0 Å². The number of pyridine rings is 1. The van der Waals surface area contributed by atoms with Crippen molar-refractivity contribution in [3.63, 3.8) is 0 Å². The molecule has 0 saturated heterocycles. The van der Waals surface area contributed by atoms with Gasteiger partial charge >= 0.3 is 0 Å². The van der Waals surface area contributed by atoms with Crippen LogP contribution in [0.2, 0.25) is 0 Å². The highest BCUT2D eigenvalue weighted by Crippen LogP contribution is 2.36. The summed E-state index contributed by atoms with van der Waals surface area (Å²) in [5.41, 5.74) is 9.42. The molecule has 1 heterocycles. The molecular weight excluding hydrogens is 378 g/mol. The first-order valence-corrected chi connectivity index (χ1v) is 10.4. The van der Waals surface area contributed by atoms with Gasteiger partial charge in [-0.05, 0) is 77.3 Å². The van der Waals surface area contributed by atoms with Crippen molar-refractivity contribution in [3.8, 4) is 23.3 Å². The lowest BCUT2D eigenvalue weighted by Gasteiger charge is -2.23. The number of allylic oxidation sites excluding steroid dienone is 4. The summed E-state index contributed by atoms with van der Waals surface area (Å²) >= 11 is 0. The molecule has 1 aromatic heterocycles. The van der Waals surface area contributed by atoms with E-state index in [9.17, 15) is 10.5 Å². The second-order valence-electron chi connectivity index (χ2n) is 8.09. The van der Waals surface area contributed by atoms with Gasteiger partial charge in [0.25, 0.3) is 0 Å². The van der Waals surface area contributed by atoms with Crippen molar-refractivity contribution >= 4 is 5.57 Å². The molecule has 31 heavy (non-hydrogen) atoms. The molecule has 0 N–H and O–H groups in total. The summed E-state index contributed by atoms with van der Waals surface area (Å²) in [6, 6.07) is 20.6. The minimum Gasteiger partial charge on any atom is -0.263 e. The van der Waals surface area contributed by atoms with Crippen LogP contribution in [-0.2, 0) is 6.42 Å². The second kappa shape index (κ2) is 8.82. The fourth-order valence-corrected chi connectivity index (χ4v) is 4.18. The van der Waals surface area contributed by atoms with E-state index in [-0.39, 0.29) is 0 Å². The van der Waals surface area contributed by atoms with Gasteiger partial charge < -0.3 is 0 Å². The molecule has 1 atom stereocenters. The van der Waals surface area contributed by atoms with Crippen LogP contribution in [-0.4, -0.2) is 4.98 Å². The average Bonchev–Trinajstić information content (AvgIpc) is 2.81. The van der Waals surface area contributed by atoms with E-state index < -0.39 is 0 Å². The van der Waals surface area contributed by atoms with Crippen molar-refractivity contribution in [1.82, 2.24) is 4.98 Å². The molecule has 3 heteroatoms. The Morgan fingerprint density at radius 3 is 2.58 bits per heavy atom. The highest BCUT2D eigenvalue weighted by molar-refractivity contribution is 5.77. The maximum absolute atomic E-state index is 9.40. The van der Waals surface area contributed by atoms with E-state index in [2.05, 4.69) is 61.3 Å². The molecule has 1 aliphatic rings. The minimum atomic E-state index is 0.454. The molecular formula is C28H23N3. The molecule has 0 radical (unpaired) electrons. The normalized spacial score (nSPS) is 15.4. The van der Waals surface area contributed by atoms with Crippen molar-refractivity contribution in [2.75, 3.05) is 0 Å². The number of nitrogens with zero attached hydrogens (tertiary/aromatic N) is 3. The number of aryl methyl sites for hydroxylation is 1. The zero-order valence-electron chi connectivity index (χ0n) is 17.8. The standard InChI is InChI=1S/C28H23N3/c1-19-7-10-24(28(11-19)27-13-21(15-29)9-8-20(27)2)14-23-5-3-4-6-26(23)25-12-22(16-30)17-31-18-25/h3-10,12-13,17-19H,11,14H2,1-2H3. The van der Waals surface area contributed by atoms with Gasteiger partial charge in [-0.1, -0.05) is 49.4 Å². The van der Waals surface area contributed by atoms with Crippen LogP contribution in [0.3, 0.4) is 0 Å². The van der Waals surface area contributed by atoms with Gasteiger partial charge in [-0.25, -0.2) is 0 Å². The van der Waals surface area contributed by atoms with Crippen LogP contribution in [0.25, 0.3) is 16.7 Å². The van der Waals surface area contributed by atoms with Crippen LogP contribution >= 0.6 is 0 Å². The minimum absolute atomic E-state index is 0.454. The zero-order chi connectivity index (χ0) is 21.8. The molecule has 0 saturated carbocycles. The van der Waals surface area contributed by atoms with Gasteiger partial charge in [0.1, 0.15) is 6.07 Å². The van der Waals surface area contributed by atoms with Crippen molar-refractivity contribution in [3.05, 3.63) is 106 Å². The third-order valence-corrected chi connectivity index (χ3v) is 5.81. The Hall–Kier alpha value is -3.95. The number of hydrogen-bond donors (Lipinski definition) is 0. The number of hydrogen-bond acceptors (Lipinski definition) is 3. The third kappa shape index (κ3) is 4.32. The van der Waals surface area contributed by atoms with Gasteiger partial charge in [0.05, 0.1) is 17.2 Å². The van der Waals surface area contributed by atoms with Gasteiger partial charge in [-0.15, -0.1) is 0 Å². The van der Waals surface area contributed by atoms with E-state index in [0.29, 0.717) is 17.0 Å². The highest BCUT2D eigenvalue weighted by Gasteiger charge is 2.18. The Labute approximate surface area is 183 Å². The molecule has 0 spiro atoms. The van der Waals surface area contributed by atoms with E-state index in [1.54, 1.807) is 6.20 Å². The van der Waals surface area contributed by atoms with E-state index in [4.69, 9.17) is 0 Å². The van der Waals surface area contributed by atoms with Crippen molar-refractivity contribution in [2.24, 2.45) is 5.92 Å². The summed E-state index contributed by atoms with van der Waals surface area (Å²) in [4.78, 5) is 4.24. The average molecular weight is 402 g/mol. The van der Waals surface area contributed by atoms with Gasteiger partial charge in [-0.2, -0.15) is 10.5 Å². The Balaban J connectivity index is 1.81. The Morgan fingerprint density at radius 1 is 0.968 bits per heavy atom. The largest absolute Gasteiger partial charge is 0.263 e. The van der Waals surface area contributed by atoms with Gasteiger partial charge in [-0.3, -0.25) is 4.98 Å². The Kier molecular flexibility index (Phi) is 5.78. The lowest BCUT2D eigenvalue weighted by Crippen LogP contribution is -2.06. The SMILES string of the molecule is Cc1ccc(C#N)cc1C1=C(Cc2ccccc2-c2cncc(C#N)c2)C=CC(C)C1. The molecule has 3 nitrogen and oxygen atoms in total. The predicted octanol–water partition coefficient (Wildman–Crippen LogP) is 6.39. The molecule has 1 unspecified atom stereocenters. The molecule has 0 bridgehead atoms. The van der Waals surface area contributed by atoms with Gasteiger partial charge in [0.2, 0.25) is 0 Å². The highest BCUT2D eigenvalue weighted by atomic mass is 14.6. The molecule has 0 aliphatic heterocycles. The van der Waals surface area contributed by atoms with Crippen LogP contribution in [0.15, 0.2) is 78.6 Å². The molecule has 0 fully saturated rings. The first kappa shape index (κ1) is 20.3. The first-order chi connectivity index (χ1) is 15.1. The third-order valence-electron chi connectivity index (χ3n) is 5.81. The molecule has 2 aromatic carbocycles. The lowest BCUT2D eigenvalue weighted by molar-refractivity contribution is 0.740.